The molecule has 4 aromatic carbocycles. The van der Waals surface area contributed by atoms with E-state index in [0.717, 1.165) is 82.0 Å². The summed E-state index contributed by atoms with van der Waals surface area (Å²) < 4.78 is 40.4. The summed E-state index contributed by atoms with van der Waals surface area (Å²) in [6, 6.07) is 29.4. The Balaban J connectivity index is 0.961. The highest BCUT2D eigenvalue weighted by atomic mass is 32.2. The van der Waals surface area contributed by atoms with Crippen molar-refractivity contribution in [2.24, 2.45) is 17.8 Å². The van der Waals surface area contributed by atoms with Crippen LogP contribution in [0.15, 0.2) is 102 Å². The minimum absolute atomic E-state index is 0.0000558. The molecular formula is C42H51N5O5S. The van der Waals surface area contributed by atoms with Crippen LogP contribution < -0.4 is 30.3 Å². The Morgan fingerprint density at radius 2 is 1.43 bits per heavy atom. The van der Waals surface area contributed by atoms with E-state index in [1.54, 1.807) is 42.5 Å². The molecule has 1 aliphatic carbocycles. The van der Waals surface area contributed by atoms with E-state index in [1.807, 2.05) is 18.2 Å². The average molecular weight is 738 g/mol. The van der Waals surface area contributed by atoms with E-state index >= 15 is 0 Å². The summed E-state index contributed by atoms with van der Waals surface area (Å²) in [4.78, 5) is 16.1. The van der Waals surface area contributed by atoms with Gasteiger partial charge in [-0.05, 0) is 116 Å². The average Bonchev–Trinajstić information content (AvgIpc) is 3.52. The minimum Gasteiger partial charge on any atom is -0.456 e. The Labute approximate surface area is 313 Å². The van der Waals surface area contributed by atoms with Crippen LogP contribution >= 0.6 is 0 Å². The maximum absolute atomic E-state index is 13.5. The number of nitrogens with zero attached hydrogens (tertiary/aromatic N) is 1. The van der Waals surface area contributed by atoms with Crippen molar-refractivity contribution < 1.29 is 22.7 Å². The first-order valence-corrected chi connectivity index (χ1v) is 20.5. The predicted molar refractivity (Wildman–Crippen MR) is 210 cm³/mol. The molecule has 0 aromatic heterocycles. The summed E-state index contributed by atoms with van der Waals surface area (Å²) in [5.74, 6) is 2.14. The number of anilines is 3. The normalized spacial score (nSPS) is 19.0. The molecule has 4 aromatic rings. The molecule has 10 nitrogen and oxygen atoms in total. The summed E-state index contributed by atoms with van der Waals surface area (Å²) in [5, 5.41) is 10.4. The van der Waals surface area contributed by atoms with Gasteiger partial charge in [-0.3, -0.25) is 4.79 Å². The van der Waals surface area contributed by atoms with Crippen LogP contribution in [0.3, 0.4) is 0 Å². The van der Waals surface area contributed by atoms with Gasteiger partial charge in [-0.25, -0.2) is 13.1 Å². The molecule has 3 aliphatic heterocycles. The van der Waals surface area contributed by atoms with Crippen molar-refractivity contribution in [2.75, 3.05) is 61.5 Å². The number of sulfonamides is 1. The zero-order valence-electron chi connectivity index (χ0n) is 30.3. The lowest BCUT2D eigenvalue weighted by Crippen LogP contribution is -2.31. The second-order valence-corrected chi connectivity index (χ2v) is 16.2. The molecule has 1 saturated carbocycles. The first kappa shape index (κ1) is 36.8. The van der Waals surface area contributed by atoms with E-state index in [9.17, 15) is 13.2 Å². The lowest BCUT2D eigenvalue weighted by Gasteiger charge is -2.27. The van der Waals surface area contributed by atoms with Crippen LogP contribution in [0.25, 0.3) is 0 Å². The molecule has 0 radical (unpaired) electrons. The van der Waals surface area contributed by atoms with Crippen molar-refractivity contribution in [1.29, 1.82) is 0 Å². The third-order valence-corrected chi connectivity index (χ3v) is 12.1. The molecule has 4 fully saturated rings. The molecule has 0 unspecified atom stereocenters. The SMILES string of the molecule is O=C(NS(=O)(=O)c1ccc(NCC2CCOCC2)cc1)c1ccc(NCCNCc2ccccc2N2CC3CCC(CC3)C2)cc1Oc1ccccc1. The summed E-state index contributed by atoms with van der Waals surface area (Å²) in [6.07, 6.45) is 7.45. The van der Waals surface area contributed by atoms with Gasteiger partial charge in [-0.15, -0.1) is 0 Å². The molecule has 3 saturated heterocycles. The van der Waals surface area contributed by atoms with E-state index in [4.69, 9.17) is 9.47 Å². The molecular weight excluding hydrogens is 687 g/mol. The van der Waals surface area contributed by atoms with Gasteiger partial charge in [0, 0.05) is 75.6 Å². The van der Waals surface area contributed by atoms with Crippen LogP contribution in [0, 0.1) is 17.8 Å². The van der Waals surface area contributed by atoms with Crippen LogP contribution in [0.1, 0.15) is 54.4 Å². The van der Waals surface area contributed by atoms with Gasteiger partial charge in [-0.2, -0.15) is 0 Å². The molecule has 4 aliphatic rings. The van der Waals surface area contributed by atoms with Crippen LogP contribution in [-0.2, 0) is 21.3 Å². The lowest BCUT2D eigenvalue weighted by atomic mass is 9.84. The molecule has 0 spiro atoms. The highest BCUT2D eigenvalue weighted by molar-refractivity contribution is 7.90. The molecule has 0 atom stereocenters. The fourth-order valence-corrected chi connectivity index (χ4v) is 8.66. The fraction of sp³-hybridized carbons (Fsp3) is 0.405. The second-order valence-electron chi connectivity index (χ2n) is 14.5. The monoisotopic (exact) mass is 737 g/mol. The molecule has 1 amide bonds. The molecule has 53 heavy (non-hydrogen) atoms. The lowest BCUT2D eigenvalue weighted by molar-refractivity contribution is 0.0699. The number of para-hydroxylation sites is 2. The van der Waals surface area contributed by atoms with Crippen molar-refractivity contribution in [3.05, 3.63) is 108 Å². The van der Waals surface area contributed by atoms with E-state index in [0.29, 0.717) is 18.2 Å². The van der Waals surface area contributed by atoms with Crippen LogP contribution in [0.5, 0.6) is 11.5 Å². The van der Waals surface area contributed by atoms with Crippen molar-refractivity contribution in [2.45, 2.75) is 50.0 Å². The highest BCUT2D eigenvalue weighted by Gasteiger charge is 2.30. The van der Waals surface area contributed by atoms with Gasteiger partial charge in [0.1, 0.15) is 11.5 Å². The van der Waals surface area contributed by atoms with Gasteiger partial charge in [0.25, 0.3) is 15.9 Å². The number of carbonyl (C=O) groups excluding carboxylic acids is 1. The minimum atomic E-state index is -4.14. The van der Waals surface area contributed by atoms with Crippen molar-refractivity contribution in [3.63, 3.8) is 0 Å². The summed E-state index contributed by atoms with van der Waals surface area (Å²) >= 11 is 0. The summed E-state index contributed by atoms with van der Waals surface area (Å²) in [5.41, 5.74) is 4.34. The number of rotatable bonds is 15. The van der Waals surface area contributed by atoms with Gasteiger partial charge >= 0.3 is 0 Å². The van der Waals surface area contributed by atoms with Gasteiger partial charge in [0.05, 0.1) is 10.5 Å². The van der Waals surface area contributed by atoms with E-state index in [2.05, 4.69) is 49.8 Å². The van der Waals surface area contributed by atoms with Crippen molar-refractivity contribution in [3.8, 4) is 11.5 Å². The third kappa shape index (κ3) is 9.90. The van der Waals surface area contributed by atoms with E-state index < -0.39 is 15.9 Å². The number of ether oxygens (including phenoxy) is 2. The quantitative estimate of drug-likeness (QED) is 0.0935. The maximum Gasteiger partial charge on any atom is 0.268 e. The largest absolute Gasteiger partial charge is 0.456 e. The predicted octanol–water partition coefficient (Wildman–Crippen LogP) is 7.26. The molecule has 11 heteroatoms. The summed E-state index contributed by atoms with van der Waals surface area (Å²) in [6.45, 7) is 6.79. The number of amides is 1. The topological polar surface area (TPSA) is 121 Å². The Morgan fingerprint density at radius 1 is 0.755 bits per heavy atom. The van der Waals surface area contributed by atoms with Gasteiger partial charge in [0.15, 0.2) is 0 Å². The van der Waals surface area contributed by atoms with E-state index in [1.165, 1.54) is 49.1 Å². The van der Waals surface area contributed by atoms with Crippen molar-refractivity contribution >= 4 is 33.0 Å². The molecule has 2 bridgehead atoms. The number of hydrogen-bond acceptors (Lipinski definition) is 9. The Hall–Kier alpha value is -4.58. The van der Waals surface area contributed by atoms with Gasteiger partial charge in [-0.1, -0.05) is 36.4 Å². The van der Waals surface area contributed by atoms with E-state index in [-0.39, 0.29) is 16.2 Å². The second kappa shape index (κ2) is 17.5. The Kier molecular flexibility index (Phi) is 12.1. The van der Waals surface area contributed by atoms with Crippen LogP contribution in [0.4, 0.5) is 17.1 Å². The molecule has 8 rings (SSSR count). The van der Waals surface area contributed by atoms with Crippen LogP contribution in [0.2, 0.25) is 0 Å². The first-order chi connectivity index (χ1) is 25.9. The molecule has 3 heterocycles. The fourth-order valence-electron chi connectivity index (χ4n) is 7.70. The Bertz CT molecular complexity index is 1900. The smallest absolute Gasteiger partial charge is 0.268 e. The number of carbonyl (C=O) groups is 1. The highest BCUT2D eigenvalue weighted by Crippen LogP contribution is 2.37. The maximum atomic E-state index is 13.5. The standard InChI is InChI=1S/C42H51N5O5S/c48-42(46-53(49,50)38-17-14-35(15-18-38)45-27-31-20-24-51-25-21-31)39-19-16-36(26-41(39)52-37-7-2-1-3-8-37)44-23-22-43-28-34-6-4-5-9-40(34)47-29-32-10-11-33(30-47)13-12-32/h1-9,14-19,26,31-33,43-45H,10-13,20-25,27-30H2,(H,46,48). The zero-order chi connectivity index (χ0) is 36.5. The molecule has 280 valence electrons. The Morgan fingerprint density at radius 3 is 2.17 bits per heavy atom. The number of hydrogen-bond donors (Lipinski definition) is 4. The number of fused-ring (bicyclic) bond motifs is 4. The molecule has 4 N–H and O–H groups in total. The summed E-state index contributed by atoms with van der Waals surface area (Å²) in [7, 11) is -4.14. The van der Waals surface area contributed by atoms with Crippen LogP contribution in [-0.4, -0.2) is 60.3 Å². The van der Waals surface area contributed by atoms with Gasteiger partial charge < -0.3 is 30.3 Å². The van der Waals surface area contributed by atoms with Gasteiger partial charge in [0.2, 0.25) is 0 Å². The zero-order valence-corrected chi connectivity index (χ0v) is 31.1. The number of benzene rings is 4. The van der Waals surface area contributed by atoms with Crippen molar-refractivity contribution in [1.82, 2.24) is 10.0 Å². The first-order valence-electron chi connectivity index (χ1n) is 19.0. The number of nitrogens with one attached hydrogen (secondary N) is 4. The third-order valence-electron chi connectivity index (χ3n) is 10.7.